The molecule has 1 aliphatic rings. The number of imidazole rings is 1. The summed E-state index contributed by atoms with van der Waals surface area (Å²) in [7, 11) is 1.93. The van der Waals surface area contributed by atoms with Crippen LogP contribution in [0.2, 0.25) is 0 Å². The first-order valence-electron chi connectivity index (χ1n) is 6.70. The summed E-state index contributed by atoms with van der Waals surface area (Å²) in [6, 6.07) is 5.25. The molecule has 1 aliphatic heterocycles. The lowest BCUT2D eigenvalue weighted by Crippen LogP contribution is -2.11. The summed E-state index contributed by atoms with van der Waals surface area (Å²) in [4.78, 5) is 4.74. The van der Waals surface area contributed by atoms with Gasteiger partial charge in [0, 0.05) is 17.8 Å². The van der Waals surface area contributed by atoms with Crippen LogP contribution in [-0.2, 0) is 19.5 Å². The number of hydrogen-bond donors (Lipinski definition) is 1. The SMILES string of the molecule is CNCc1nc(-c2ccc(F)c(C)c2)c2n1CCC2. The molecular weight excluding hydrogens is 241 g/mol. The minimum Gasteiger partial charge on any atom is -0.330 e. The van der Waals surface area contributed by atoms with E-state index in [1.165, 1.54) is 18.2 Å². The molecule has 3 rings (SSSR count). The van der Waals surface area contributed by atoms with Crippen LogP contribution in [0, 0.1) is 12.7 Å². The number of nitrogens with one attached hydrogen (secondary N) is 1. The monoisotopic (exact) mass is 259 g/mol. The van der Waals surface area contributed by atoms with Gasteiger partial charge in [-0.05, 0) is 50.6 Å². The van der Waals surface area contributed by atoms with Crippen molar-refractivity contribution in [3.63, 3.8) is 0 Å². The van der Waals surface area contributed by atoms with E-state index in [-0.39, 0.29) is 5.82 Å². The smallest absolute Gasteiger partial charge is 0.126 e. The quantitative estimate of drug-likeness (QED) is 0.918. The number of hydrogen-bond acceptors (Lipinski definition) is 2. The van der Waals surface area contributed by atoms with Gasteiger partial charge in [-0.25, -0.2) is 9.37 Å². The van der Waals surface area contributed by atoms with Crippen LogP contribution in [0.1, 0.15) is 23.5 Å². The van der Waals surface area contributed by atoms with E-state index < -0.39 is 0 Å². The summed E-state index contributed by atoms with van der Waals surface area (Å²) in [5.74, 6) is 0.919. The summed E-state index contributed by atoms with van der Waals surface area (Å²) in [5.41, 5.74) is 4.00. The molecule has 2 heterocycles. The number of nitrogens with zero attached hydrogens (tertiary/aromatic N) is 2. The van der Waals surface area contributed by atoms with E-state index in [4.69, 9.17) is 4.98 Å². The maximum absolute atomic E-state index is 13.4. The minimum absolute atomic E-state index is 0.157. The average Bonchev–Trinajstić information content (AvgIpc) is 2.97. The third-order valence-electron chi connectivity index (χ3n) is 3.71. The molecule has 0 saturated heterocycles. The molecule has 0 unspecified atom stereocenters. The van der Waals surface area contributed by atoms with Crippen molar-refractivity contribution in [2.24, 2.45) is 0 Å². The second kappa shape index (κ2) is 4.78. The highest BCUT2D eigenvalue weighted by atomic mass is 19.1. The van der Waals surface area contributed by atoms with Crippen molar-refractivity contribution >= 4 is 0 Å². The largest absolute Gasteiger partial charge is 0.330 e. The van der Waals surface area contributed by atoms with Crippen LogP contribution in [0.5, 0.6) is 0 Å². The fraction of sp³-hybridized carbons (Fsp3) is 0.400. The third-order valence-corrected chi connectivity index (χ3v) is 3.71. The molecule has 19 heavy (non-hydrogen) atoms. The van der Waals surface area contributed by atoms with Crippen molar-refractivity contribution < 1.29 is 4.39 Å². The molecule has 0 saturated carbocycles. The van der Waals surface area contributed by atoms with Crippen molar-refractivity contribution in [3.05, 3.63) is 41.1 Å². The summed E-state index contributed by atoms with van der Waals surface area (Å²) in [6.45, 7) is 3.61. The van der Waals surface area contributed by atoms with Crippen LogP contribution >= 0.6 is 0 Å². The zero-order valence-corrected chi connectivity index (χ0v) is 11.3. The van der Waals surface area contributed by atoms with Gasteiger partial charge in [-0.3, -0.25) is 0 Å². The van der Waals surface area contributed by atoms with Crippen LogP contribution < -0.4 is 5.32 Å². The molecule has 0 bridgehead atoms. The number of aryl methyl sites for hydroxylation is 1. The molecule has 0 spiro atoms. The Morgan fingerprint density at radius 1 is 1.42 bits per heavy atom. The molecule has 2 aromatic rings. The van der Waals surface area contributed by atoms with Gasteiger partial charge >= 0.3 is 0 Å². The highest BCUT2D eigenvalue weighted by Gasteiger charge is 2.22. The summed E-state index contributed by atoms with van der Waals surface area (Å²) in [5, 5.41) is 3.16. The second-order valence-electron chi connectivity index (χ2n) is 5.07. The number of benzene rings is 1. The van der Waals surface area contributed by atoms with E-state index >= 15 is 0 Å². The van der Waals surface area contributed by atoms with E-state index in [0.717, 1.165) is 36.6 Å². The van der Waals surface area contributed by atoms with Gasteiger partial charge in [0.05, 0.1) is 12.2 Å². The van der Waals surface area contributed by atoms with Gasteiger partial charge in [0.1, 0.15) is 11.6 Å². The molecule has 1 N–H and O–H groups in total. The standard InChI is InChI=1S/C15H18FN3/c1-10-8-11(5-6-12(10)16)15-13-4-3-7-19(13)14(18-15)9-17-2/h5-6,8,17H,3-4,7,9H2,1-2H3. The maximum atomic E-state index is 13.4. The van der Waals surface area contributed by atoms with Crippen LogP contribution in [-0.4, -0.2) is 16.6 Å². The highest BCUT2D eigenvalue weighted by molar-refractivity contribution is 5.64. The van der Waals surface area contributed by atoms with E-state index in [1.54, 1.807) is 6.92 Å². The predicted octanol–water partition coefficient (Wildman–Crippen LogP) is 2.66. The molecule has 3 nitrogen and oxygen atoms in total. The van der Waals surface area contributed by atoms with Crippen LogP contribution in [0.15, 0.2) is 18.2 Å². The van der Waals surface area contributed by atoms with Crippen molar-refractivity contribution in [2.45, 2.75) is 32.9 Å². The number of fused-ring (bicyclic) bond motifs is 1. The molecule has 0 aliphatic carbocycles. The van der Waals surface area contributed by atoms with Gasteiger partial charge in [0.25, 0.3) is 0 Å². The normalized spacial score (nSPS) is 13.8. The van der Waals surface area contributed by atoms with Gasteiger partial charge in [-0.15, -0.1) is 0 Å². The highest BCUT2D eigenvalue weighted by Crippen LogP contribution is 2.30. The Balaban J connectivity index is 2.09. The van der Waals surface area contributed by atoms with Crippen molar-refractivity contribution in [1.29, 1.82) is 0 Å². The first-order valence-corrected chi connectivity index (χ1v) is 6.70. The van der Waals surface area contributed by atoms with Gasteiger partial charge in [0.15, 0.2) is 0 Å². The Hall–Kier alpha value is -1.68. The second-order valence-corrected chi connectivity index (χ2v) is 5.07. The van der Waals surface area contributed by atoms with Gasteiger partial charge in [-0.2, -0.15) is 0 Å². The lowest BCUT2D eigenvalue weighted by Gasteiger charge is -2.03. The first kappa shape index (κ1) is 12.4. The maximum Gasteiger partial charge on any atom is 0.126 e. The van der Waals surface area contributed by atoms with Gasteiger partial charge < -0.3 is 9.88 Å². The number of aromatic nitrogens is 2. The molecule has 1 aromatic heterocycles. The predicted molar refractivity (Wildman–Crippen MR) is 73.4 cm³/mol. The van der Waals surface area contributed by atoms with Crippen LogP contribution in [0.25, 0.3) is 11.3 Å². The van der Waals surface area contributed by atoms with Crippen molar-refractivity contribution in [2.75, 3.05) is 7.05 Å². The summed E-state index contributed by atoms with van der Waals surface area (Å²) >= 11 is 0. The molecular formula is C15H18FN3. The Morgan fingerprint density at radius 3 is 3.00 bits per heavy atom. The van der Waals surface area contributed by atoms with Crippen molar-refractivity contribution in [3.8, 4) is 11.3 Å². The van der Waals surface area contributed by atoms with Crippen LogP contribution in [0.4, 0.5) is 4.39 Å². The zero-order valence-electron chi connectivity index (χ0n) is 11.3. The van der Waals surface area contributed by atoms with Crippen LogP contribution in [0.3, 0.4) is 0 Å². The molecule has 0 atom stereocenters. The molecule has 1 aromatic carbocycles. The minimum atomic E-state index is -0.157. The molecule has 4 heteroatoms. The first-order chi connectivity index (χ1) is 9.20. The Morgan fingerprint density at radius 2 is 2.26 bits per heavy atom. The number of rotatable bonds is 3. The fourth-order valence-corrected chi connectivity index (χ4v) is 2.78. The van der Waals surface area contributed by atoms with E-state index in [1.807, 2.05) is 19.2 Å². The van der Waals surface area contributed by atoms with E-state index in [9.17, 15) is 4.39 Å². The molecule has 0 radical (unpaired) electrons. The van der Waals surface area contributed by atoms with E-state index in [2.05, 4.69) is 9.88 Å². The lowest BCUT2D eigenvalue weighted by molar-refractivity contribution is 0.618. The van der Waals surface area contributed by atoms with Crippen molar-refractivity contribution in [1.82, 2.24) is 14.9 Å². The summed E-state index contributed by atoms with van der Waals surface area (Å²) < 4.78 is 15.7. The Bertz CT molecular complexity index is 616. The Labute approximate surface area is 112 Å². The van der Waals surface area contributed by atoms with Gasteiger partial charge in [0.2, 0.25) is 0 Å². The third kappa shape index (κ3) is 2.06. The molecule has 100 valence electrons. The molecule has 0 fully saturated rings. The van der Waals surface area contributed by atoms with Gasteiger partial charge in [-0.1, -0.05) is 0 Å². The number of halogens is 1. The zero-order chi connectivity index (χ0) is 13.4. The van der Waals surface area contributed by atoms with E-state index in [0.29, 0.717) is 5.56 Å². The fourth-order valence-electron chi connectivity index (χ4n) is 2.78. The summed E-state index contributed by atoms with van der Waals surface area (Å²) in [6.07, 6.45) is 2.23. The topological polar surface area (TPSA) is 29.9 Å². The average molecular weight is 259 g/mol. The lowest BCUT2D eigenvalue weighted by atomic mass is 10.1. The Kier molecular flexibility index (Phi) is 3.11. The molecule has 0 amide bonds.